The predicted octanol–water partition coefficient (Wildman–Crippen LogP) is 3.16. The van der Waals surface area contributed by atoms with Crippen LogP contribution >= 0.6 is 0 Å². The summed E-state index contributed by atoms with van der Waals surface area (Å²) in [5.74, 6) is 0.804. The Balaban J connectivity index is 2.03. The van der Waals surface area contributed by atoms with Gasteiger partial charge >= 0.3 is 0 Å². The SMILES string of the molecule is CCN(Cc1ccc(OC)cc1)CC(O)c1cccc([N+](=O)[O-])c1. The molecule has 0 aromatic heterocycles. The molecule has 0 saturated carbocycles. The van der Waals surface area contributed by atoms with Crippen molar-refractivity contribution in [2.24, 2.45) is 0 Å². The van der Waals surface area contributed by atoms with Crippen molar-refractivity contribution < 1.29 is 14.8 Å². The normalized spacial score (nSPS) is 12.2. The first-order valence-corrected chi connectivity index (χ1v) is 7.81. The van der Waals surface area contributed by atoms with Crippen LogP contribution in [0.15, 0.2) is 48.5 Å². The number of nitrogens with zero attached hydrogens (tertiary/aromatic N) is 2. The van der Waals surface area contributed by atoms with E-state index < -0.39 is 11.0 Å². The molecule has 0 aliphatic carbocycles. The molecule has 2 aromatic carbocycles. The van der Waals surface area contributed by atoms with Gasteiger partial charge in [-0.3, -0.25) is 15.0 Å². The van der Waals surface area contributed by atoms with Gasteiger partial charge in [0.05, 0.1) is 18.1 Å². The van der Waals surface area contributed by atoms with E-state index in [1.807, 2.05) is 31.2 Å². The van der Waals surface area contributed by atoms with Gasteiger partial charge in [-0.2, -0.15) is 0 Å². The van der Waals surface area contributed by atoms with E-state index in [-0.39, 0.29) is 5.69 Å². The maximum atomic E-state index is 10.9. The van der Waals surface area contributed by atoms with Crippen molar-refractivity contribution in [2.75, 3.05) is 20.2 Å². The van der Waals surface area contributed by atoms with Gasteiger partial charge in [0, 0.05) is 25.2 Å². The van der Waals surface area contributed by atoms with Crippen molar-refractivity contribution in [3.63, 3.8) is 0 Å². The van der Waals surface area contributed by atoms with Crippen LogP contribution in [0.25, 0.3) is 0 Å². The van der Waals surface area contributed by atoms with Gasteiger partial charge in [-0.25, -0.2) is 0 Å². The van der Waals surface area contributed by atoms with Gasteiger partial charge in [-0.05, 0) is 29.8 Å². The summed E-state index contributed by atoms with van der Waals surface area (Å²) in [7, 11) is 1.63. The Bertz CT molecular complexity index is 673. The molecule has 0 radical (unpaired) electrons. The Morgan fingerprint density at radius 2 is 1.96 bits per heavy atom. The number of hydrogen-bond acceptors (Lipinski definition) is 5. The average Bonchev–Trinajstić information content (AvgIpc) is 2.61. The molecule has 0 bridgehead atoms. The highest BCUT2D eigenvalue weighted by Gasteiger charge is 2.15. The number of likely N-dealkylation sites (N-methyl/N-ethyl adjacent to an activating group) is 1. The quantitative estimate of drug-likeness (QED) is 0.594. The third kappa shape index (κ3) is 4.78. The van der Waals surface area contributed by atoms with E-state index in [1.165, 1.54) is 12.1 Å². The van der Waals surface area contributed by atoms with E-state index in [0.717, 1.165) is 17.9 Å². The maximum Gasteiger partial charge on any atom is 0.269 e. The summed E-state index contributed by atoms with van der Waals surface area (Å²) < 4.78 is 5.14. The number of ether oxygens (including phenoxy) is 1. The zero-order valence-electron chi connectivity index (χ0n) is 13.9. The minimum absolute atomic E-state index is 0.00949. The molecule has 0 heterocycles. The molecular formula is C18H22N2O4. The van der Waals surface area contributed by atoms with Crippen LogP contribution in [0.1, 0.15) is 24.2 Å². The fourth-order valence-corrected chi connectivity index (χ4v) is 2.49. The number of benzene rings is 2. The predicted molar refractivity (Wildman–Crippen MR) is 92.0 cm³/mol. The lowest BCUT2D eigenvalue weighted by Crippen LogP contribution is -2.28. The molecule has 0 amide bonds. The molecule has 1 N–H and O–H groups in total. The topological polar surface area (TPSA) is 75.8 Å². The zero-order chi connectivity index (χ0) is 17.5. The molecule has 2 aromatic rings. The molecular weight excluding hydrogens is 308 g/mol. The smallest absolute Gasteiger partial charge is 0.269 e. The summed E-state index contributed by atoms with van der Waals surface area (Å²) in [5.41, 5.74) is 1.66. The van der Waals surface area contributed by atoms with E-state index in [9.17, 15) is 15.2 Å². The second-order valence-electron chi connectivity index (χ2n) is 5.54. The molecule has 0 fully saturated rings. The molecule has 0 spiro atoms. The molecule has 1 unspecified atom stereocenters. The average molecular weight is 330 g/mol. The van der Waals surface area contributed by atoms with Crippen molar-refractivity contribution in [2.45, 2.75) is 19.6 Å². The molecule has 24 heavy (non-hydrogen) atoms. The second-order valence-corrected chi connectivity index (χ2v) is 5.54. The van der Waals surface area contributed by atoms with E-state index >= 15 is 0 Å². The number of aliphatic hydroxyl groups excluding tert-OH is 1. The van der Waals surface area contributed by atoms with Crippen molar-refractivity contribution >= 4 is 5.69 Å². The van der Waals surface area contributed by atoms with E-state index in [0.29, 0.717) is 18.7 Å². The highest BCUT2D eigenvalue weighted by atomic mass is 16.6. The van der Waals surface area contributed by atoms with Gasteiger partial charge in [0.25, 0.3) is 5.69 Å². The Kier molecular flexibility index (Phi) is 6.28. The minimum Gasteiger partial charge on any atom is -0.497 e. The summed E-state index contributed by atoms with van der Waals surface area (Å²) in [6.07, 6.45) is -0.775. The first-order valence-electron chi connectivity index (χ1n) is 7.81. The summed E-state index contributed by atoms with van der Waals surface area (Å²) in [5, 5.41) is 21.3. The number of methoxy groups -OCH3 is 1. The highest BCUT2D eigenvalue weighted by Crippen LogP contribution is 2.21. The molecule has 1 atom stereocenters. The second kappa shape index (κ2) is 8.42. The van der Waals surface area contributed by atoms with Crippen molar-refractivity contribution in [1.29, 1.82) is 0 Å². The van der Waals surface area contributed by atoms with E-state index in [4.69, 9.17) is 4.74 Å². The van der Waals surface area contributed by atoms with Crippen molar-refractivity contribution in [1.82, 2.24) is 4.90 Å². The largest absolute Gasteiger partial charge is 0.497 e. The number of rotatable bonds is 8. The Labute approximate surface area is 141 Å². The molecule has 6 nitrogen and oxygen atoms in total. The number of nitro benzene ring substituents is 1. The van der Waals surface area contributed by atoms with Crippen LogP contribution in [-0.4, -0.2) is 35.1 Å². The van der Waals surface area contributed by atoms with Crippen LogP contribution in [0.3, 0.4) is 0 Å². The fraction of sp³-hybridized carbons (Fsp3) is 0.333. The van der Waals surface area contributed by atoms with Gasteiger partial charge in [0.2, 0.25) is 0 Å². The lowest BCUT2D eigenvalue weighted by molar-refractivity contribution is -0.385. The van der Waals surface area contributed by atoms with Crippen molar-refractivity contribution in [3.8, 4) is 5.75 Å². The maximum absolute atomic E-state index is 10.9. The number of aliphatic hydroxyl groups is 1. The third-order valence-corrected chi connectivity index (χ3v) is 3.91. The standard InChI is InChI=1S/C18H22N2O4/c1-3-19(12-14-7-9-17(24-2)10-8-14)13-18(21)15-5-4-6-16(11-15)20(22)23/h4-11,18,21H,3,12-13H2,1-2H3. The molecule has 0 aliphatic rings. The molecule has 0 aliphatic heterocycles. The summed E-state index contributed by atoms with van der Waals surface area (Å²) >= 11 is 0. The zero-order valence-corrected chi connectivity index (χ0v) is 13.9. The van der Waals surface area contributed by atoms with Crippen LogP contribution in [0.2, 0.25) is 0 Å². The molecule has 2 rings (SSSR count). The third-order valence-electron chi connectivity index (χ3n) is 3.91. The van der Waals surface area contributed by atoms with Gasteiger partial charge in [0.1, 0.15) is 5.75 Å². The van der Waals surface area contributed by atoms with Crippen LogP contribution in [0.5, 0.6) is 5.75 Å². The first-order chi connectivity index (χ1) is 11.5. The summed E-state index contributed by atoms with van der Waals surface area (Å²) in [6, 6.07) is 13.9. The van der Waals surface area contributed by atoms with Gasteiger partial charge in [0.15, 0.2) is 0 Å². The number of non-ortho nitro benzene ring substituents is 1. The summed E-state index contributed by atoms with van der Waals surface area (Å²) in [4.78, 5) is 12.5. The van der Waals surface area contributed by atoms with Crippen LogP contribution in [-0.2, 0) is 6.54 Å². The molecule has 0 saturated heterocycles. The van der Waals surface area contributed by atoms with Crippen LogP contribution in [0, 0.1) is 10.1 Å². The number of nitro groups is 1. The Hall–Kier alpha value is -2.44. The molecule has 128 valence electrons. The summed E-state index contributed by atoms with van der Waals surface area (Å²) in [6.45, 7) is 3.87. The fourth-order valence-electron chi connectivity index (χ4n) is 2.49. The lowest BCUT2D eigenvalue weighted by atomic mass is 10.1. The first kappa shape index (κ1) is 17.9. The van der Waals surface area contributed by atoms with Crippen molar-refractivity contribution in [3.05, 3.63) is 69.8 Å². The monoisotopic (exact) mass is 330 g/mol. The number of hydrogen-bond donors (Lipinski definition) is 1. The van der Waals surface area contributed by atoms with Crippen LogP contribution < -0.4 is 4.74 Å². The molecule has 6 heteroatoms. The Morgan fingerprint density at radius 3 is 2.54 bits per heavy atom. The van der Waals surface area contributed by atoms with E-state index in [1.54, 1.807) is 19.2 Å². The highest BCUT2D eigenvalue weighted by molar-refractivity contribution is 5.35. The van der Waals surface area contributed by atoms with E-state index in [2.05, 4.69) is 4.90 Å². The van der Waals surface area contributed by atoms with Crippen LogP contribution in [0.4, 0.5) is 5.69 Å². The Morgan fingerprint density at radius 1 is 1.25 bits per heavy atom. The van der Waals surface area contributed by atoms with Gasteiger partial charge in [-0.15, -0.1) is 0 Å². The van der Waals surface area contributed by atoms with Gasteiger partial charge < -0.3 is 9.84 Å². The lowest BCUT2D eigenvalue weighted by Gasteiger charge is -2.24. The minimum atomic E-state index is -0.775. The van der Waals surface area contributed by atoms with Gasteiger partial charge in [-0.1, -0.05) is 31.2 Å².